The third-order valence-electron chi connectivity index (χ3n) is 4.95. The molecular formula is C23H21FN2OS. The zero-order chi connectivity index (χ0) is 19.8. The first-order chi connectivity index (χ1) is 13.5. The normalized spacial score (nSPS) is 11.3. The molecule has 2 aromatic carbocycles. The minimum Gasteiger partial charge on any atom is -0.292 e. The van der Waals surface area contributed by atoms with Crippen LogP contribution in [0.15, 0.2) is 53.3 Å². The molecule has 2 aromatic heterocycles. The minimum atomic E-state index is -0.302. The Morgan fingerprint density at radius 2 is 1.86 bits per heavy atom. The van der Waals surface area contributed by atoms with Crippen LogP contribution in [-0.2, 0) is 13.0 Å². The van der Waals surface area contributed by atoms with Crippen LogP contribution in [0.3, 0.4) is 0 Å². The standard InChI is InChI=1S/C23H21FN2OS/c1-4-19-25-22-21(20(15(3)28-22)17-10-8-14(2)9-11-17)23(27)26(19)13-16-6-5-7-18(24)12-16/h5-12H,4,13H2,1-3H3. The fourth-order valence-corrected chi connectivity index (χ4v) is 4.61. The smallest absolute Gasteiger partial charge is 0.263 e. The van der Waals surface area contributed by atoms with E-state index in [1.807, 2.05) is 39.0 Å². The minimum absolute atomic E-state index is 0.0639. The molecule has 0 fully saturated rings. The number of benzene rings is 2. The molecular weight excluding hydrogens is 371 g/mol. The highest BCUT2D eigenvalue weighted by atomic mass is 32.1. The van der Waals surface area contributed by atoms with Crippen LogP contribution in [0.25, 0.3) is 21.3 Å². The van der Waals surface area contributed by atoms with Crippen LogP contribution < -0.4 is 5.56 Å². The van der Waals surface area contributed by atoms with Gasteiger partial charge in [-0.1, -0.05) is 48.9 Å². The van der Waals surface area contributed by atoms with E-state index < -0.39 is 0 Å². The summed E-state index contributed by atoms with van der Waals surface area (Å²) in [6, 6.07) is 14.6. The molecule has 0 radical (unpaired) electrons. The van der Waals surface area contributed by atoms with E-state index in [-0.39, 0.29) is 11.4 Å². The Morgan fingerprint density at radius 3 is 2.54 bits per heavy atom. The maximum atomic E-state index is 13.6. The lowest BCUT2D eigenvalue weighted by atomic mass is 10.0. The van der Waals surface area contributed by atoms with Gasteiger partial charge in [0.25, 0.3) is 5.56 Å². The van der Waals surface area contributed by atoms with Crippen LogP contribution in [0.4, 0.5) is 4.39 Å². The number of rotatable bonds is 4. The van der Waals surface area contributed by atoms with E-state index in [0.717, 1.165) is 32.2 Å². The van der Waals surface area contributed by atoms with Gasteiger partial charge in [0, 0.05) is 16.9 Å². The molecule has 0 amide bonds. The number of fused-ring (bicyclic) bond motifs is 1. The highest BCUT2D eigenvalue weighted by Gasteiger charge is 2.19. The van der Waals surface area contributed by atoms with E-state index in [1.165, 1.54) is 17.7 Å². The predicted octanol–water partition coefficient (Wildman–Crippen LogP) is 5.49. The van der Waals surface area contributed by atoms with Crippen molar-refractivity contribution < 1.29 is 4.39 Å². The van der Waals surface area contributed by atoms with E-state index in [1.54, 1.807) is 22.0 Å². The van der Waals surface area contributed by atoms with Crippen LogP contribution in [0.1, 0.15) is 28.8 Å². The average Bonchev–Trinajstić information content (AvgIpc) is 3.01. The zero-order valence-electron chi connectivity index (χ0n) is 16.1. The Hall–Kier alpha value is -2.79. The fourth-order valence-electron chi connectivity index (χ4n) is 3.56. The van der Waals surface area contributed by atoms with Crippen molar-refractivity contribution in [3.05, 3.63) is 86.5 Å². The third kappa shape index (κ3) is 3.27. The van der Waals surface area contributed by atoms with Crippen molar-refractivity contribution in [2.75, 3.05) is 0 Å². The molecule has 4 aromatic rings. The lowest BCUT2D eigenvalue weighted by Crippen LogP contribution is -2.25. The first-order valence-corrected chi connectivity index (χ1v) is 10.1. The van der Waals surface area contributed by atoms with Gasteiger partial charge in [-0.15, -0.1) is 11.3 Å². The van der Waals surface area contributed by atoms with E-state index in [0.29, 0.717) is 18.4 Å². The van der Waals surface area contributed by atoms with Gasteiger partial charge >= 0.3 is 0 Å². The van der Waals surface area contributed by atoms with Crippen LogP contribution in [-0.4, -0.2) is 9.55 Å². The van der Waals surface area contributed by atoms with Crippen molar-refractivity contribution in [1.82, 2.24) is 9.55 Å². The van der Waals surface area contributed by atoms with Gasteiger partial charge in [0.15, 0.2) is 0 Å². The van der Waals surface area contributed by atoms with Crippen LogP contribution in [0, 0.1) is 19.7 Å². The number of nitrogens with zero attached hydrogens (tertiary/aromatic N) is 2. The van der Waals surface area contributed by atoms with Gasteiger partial charge in [0.1, 0.15) is 16.5 Å². The lowest BCUT2D eigenvalue weighted by molar-refractivity contribution is 0.620. The molecule has 0 saturated heterocycles. The summed E-state index contributed by atoms with van der Waals surface area (Å²) in [4.78, 5) is 20.1. The highest BCUT2D eigenvalue weighted by molar-refractivity contribution is 7.19. The summed E-state index contributed by atoms with van der Waals surface area (Å²) in [6.07, 6.45) is 0.636. The molecule has 0 aliphatic heterocycles. The van der Waals surface area contributed by atoms with Gasteiger partial charge in [0.2, 0.25) is 0 Å². The third-order valence-corrected chi connectivity index (χ3v) is 5.95. The highest BCUT2D eigenvalue weighted by Crippen LogP contribution is 2.36. The Morgan fingerprint density at radius 1 is 1.11 bits per heavy atom. The molecule has 28 heavy (non-hydrogen) atoms. The van der Waals surface area contributed by atoms with Crippen molar-refractivity contribution in [2.45, 2.75) is 33.7 Å². The second kappa shape index (κ2) is 7.32. The molecule has 2 heterocycles. The van der Waals surface area contributed by atoms with E-state index in [2.05, 4.69) is 12.1 Å². The first kappa shape index (κ1) is 18.6. The van der Waals surface area contributed by atoms with Crippen LogP contribution in [0.5, 0.6) is 0 Å². The summed E-state index contributed by atoms with van der Waals surface area (Å²) in [5, 5.41) is 0.653. The number of hydrogen-bond acceptors (Lipinski definition) is 3. The van der Waals surface area contributed by atoms with E-state index in [4.69, 9.17) is 4.98 Å². The molecule has 142 valence electrons. The van der Waals surface area contributed by atoms with E-state index >= 15 is 0 Å². The topological polar surface area (TPSA) is 34.9 Å². The summed E-state index contributed by atoms with van der Waals surface area (Å²) >= 11 is 1.55. The lowest BCUT2D eigenvalue weighted by Gasteiger charge is -2.12. The number of aryl methyl sites for hydroxylation is 3. The van der Waals surface area contributed by atoms with Gasteiger partial charge in [-0.25, -0.2) is 9.37 Å². The number of aromatic nitrogens is 2. The summed E-state index contributed by atoms with van der Waals surface area (Å²) in [5.41, 5.74) is 3.84. The monoisotopic (exact) mass is 392 g/mol. The van der Waals surface area contributed by atoms with Crippen LogP contribution >= 0.6 is 11.3 Å². The van der Waals surface area contributed by atoms with Crippen LogP contribution in [0.2, 0.25) is 0 Å². The Kier molecular flexibility index (Phi) is 4.85. The van der Waals surface area contributed by atoms with Gasteiger partial charge in [-0.05, 0) is 37.1 Å². The van der Waals surface area contributed by atoms with Gasteiger partial charge in [-0.2, -0.15) is 0 Å². The summed E-state index contributed by atoms with van der Waals surface area (Å²) in [6.45, 7) is 6.37. The molecule has 0 saturated carbocycles. The molecule has 0 N–H and O–H groups in total. The Bertz CT molecular complexity index is 1220. The van der Waals surface area contributed by atoms with Crippen molar-refractivity contribution in [3.63, 3.8) is 0 Å². The average molecular weight is 392 g/mol. The molecule has 5 heteroatoms. The summed E-state index contributed by atoms with van der Waals surface area (Å²) < 4.78 is 15.3. The molecule has 0 bridgehead atoms. The van der Waals surface area contributed by atoms with Gasteiger partial charge < -0.3 is 0 Å². The van der Waals surface area contributed by atoms with Crippen molar-refractivity contribution in [2.24, 2.45) is 0 Å². The maximum absolute atomic E-state index is 13.6. The molecule has 3 nitrogen and oxygen atoms in total. The molecule has 0 spiro atoms. The largest absolute Gasteiger partial charge is 0.292 e. The number of thiophene rings is 1. The summed E-state index contributed by atoms with van der Waals surface area (Å²) in [5.74, 6) is 0.419. The zero-order valence-corrected chi connectivity index (χ0v) is 16.9. The van der Waals surface area contributed by atoms with Gasteiger partial charge in [-0.3, -0.25) is 9.36 Å². The SMILES string of the molecule is CCc1nc2sc(C)c(-c3ccc(C)cc3)c2c(=O)n1Cc1cccc(F)c1. The van der Waals surface area contributed by atoms with E-state index in [9.17, 15) is 9.18 Å². The second-order valence-electron chi connectivity index (χ2n) is 6.98. The van der Waals surface area contributed by atoms with Crippen molar-refractivity contribution in [1.29, 1.82) is 0 Å². The predicted molar refractivity (Wildman–Crippen MR) is 114 cm³/mol. The second-order valence-corrected chi connectivity index (χ2v) is 8.19. The molecule has 0 atom stereocenters. The molecule has 4 rings (SSSR count). The summed E-state index contributed by atoms with van der Waals surface area (Å²) in [7, 11) is 0. The molecule has 0 aliphatic carbocycles. The molecule has 0 aliphatic rings. The van der Waals surface area contributed by atoms with Crippen molar-refractivity contribution >= 4 is 21.6 Å². The quantitative estimate of drug-likeness (QED) is 0.460. The van der Waals surface area contributed by atoms with Gasteiger partial charge in [0.05, 0.1) is 11.9 Å². The first-order valence-electron chi connectivity index (χ1n) is 9.32. The fraction of sp³-hybridized carbons (Fsp3) is 0.217. The van der Waals surface area contributed by atoms with Crippen molar-refractivity contribution in [3.8, 4) is 11.1 Å². The Balaban J connectivity index is 1.95. The maximum Gasteiger partial charge on any atom is 0.263 e. The number of hydrogen-bond donors (Lipinski definition) is 0. The molecule has 0 unspecified atom stereocenters. The Labute approximate surface area is 167 Å². The number of halogens is 1.